The Bertz CT molecular complexity index is 5110. The molecule has 382 valence electrons. The molecule has 6 aromatic heterocycles. The van der Waals surface area contributed by atoms with Crippen molar-refractivity contribution in [2.45, 2.75) is 0 Å². The summed E-state index contributed by atoms with van der Waals surface area (Å²) in [5.74, 6) is 0.631. The monoisotopic (exact) mass is 1050 g/mol. The smallest absolute Gasteiger partial charge is 0.160 e. The molecule has 0 aliphatic carbocycles. The van der Waals surface area contributed by atoms with Crippen LogP contribution in [0.1, 0.15) is 0 Å². The predicted octanol–water partition coefficient (Wildman–Crippen LogP) is 19.4. The largest absolute Gasteiger partial charge is 0.456 e. The normalized spacial score (nSPS) is 11.9. The molecule has 82 heavy (non-hydrogen) atoms. The van der Waals surface area contributed by atoms with Crippen LogP contribution in [0.2, 0.25) is 0 Å². The van der Waals surface area contributed by atoms with Crippen molar-refractivity contribution in [2.75, 3.05) is 0 Å². The van der Waals surface area contributed by atoms with Crippen LogP contribution in [-0.2, 0) is 0 Å². The van der Waals surface area contributed by atoms with Gasteiger partial charge in [-0.3, -0.25) is 4.98 Å². The Kier molecular flexibility index (Phi) is 10.2. The summed E-state index contributed by atoms with van der Waals surface area (Å²) in [6.07, 6.45) is 1.81. The number of nitrogens with zero attached hydrogens (tertiary/aromatic N) is 6. The van der Waals surface area contributed by atoms with Gasteiger partial charge < -0.3 is 18.1 Å². The second-order valence-corrected chi connectivity index (χ2v) is 21.1. The number of hydrogen-bond donors (Lipinski definition) is 0. The molecule has 11 aromatic carbocycles. The van der Waals surface area contributed by atoms with Crippen molar-refractivity contribution in [3.05, 3.63) is 279 Å². The average molecular weight is 1050 g/mol. The molecule has 0 bridgehead atoms. The van der Waals surface area contributed by atoms with E-state index >= 15 is 0 Å². The molecule has 0 N–H and O–H groups in total. The van der Waals surface area contributed by atoms with Crippen molar-refractivity contribution < 1.29 is 4.42 Å². The van der Waals surface area contributed by atoms with E-state index < -0.39 is 0 Å². The second-order valence-electron chi connectivity index (χ2n) is 21.1. The number of fused-ring (bicyclic) bond motifs is 12. The predicted molar refractivity (Wildman–Crippen MR) is 337 cm³/mol. The molecule has 0 radical (unpaired) electrons. The van der Waals surface area contributed by atoms with Crippen LogP contribution in [0.5, 0.6) is 0 Å². The Morgan fingerprint density at radius 2 is 0.695 bits per heavy atom. The first-order chi connectivity index (χ1) is 40.6. The molecule has 0 spiro atoms. The van der Waals surface area contributed by atoms with E-state index in [0.717, 1.165) is 106 Å². The van der Waals surface area contributed by atoms with Gasteiger partial charge in [-0.2, -0.15) is 0 Å². The average Bonchev–Trinajstić information content (AvgIpc) is 4.47. The van der Waals surface area contributed by atoms with Gasteiger partial charge in [0, 0.05) is 72.1 Å². The molecule has 17 rings (SSSR count). The van der Waals surface area contributed by atoms with Gasteiger partial charge in [0.05, 0.1) is 49.9 Å². The fourth-order valence-corrected chi connectivity index (χ4v) is 12.8. The minimum absolute atomic E-state index is 0.631. The second kappa shape index (κ2) is 18.2. The van der Waals surface area contributed by atoms with E-state index in [0.29, 0.717) is 11.5 Å². The zero-order valence-corrected chi connectivity index (χ0v) is 44.1. The summed E-state index contributed by atoms with van der Waals surface area (Å²) in [4.78, 5) is 15.4. The Hall–Kier alpha value is -11.2. The molecule has 0 aliphatic heterocycles. The SMILES string of the molecule is c1ccc(-c2cc(-c3nccc4oc5ccc(-n6c7ccc(-c8ccc9c(c8)c8ccccc8n9-c8ccccc8)cc7c7cc(-c8ccc9c(c8)c8ccccc8n9-c8ccccc8)ccc76)cc5c34)nc(-c3ccccc3)n2)cc1. The fraction of sp³-hybridized carbons (Fsp3) is 0. The van der Waals surface area contributed by atoms with E-state index in [1.54, 1.807) is 0 Å². The molecule has 0 unspecified atom stereocenters. The standard InChI is InChI=1S/C75H46N6O/c1-5-17-47(18-6-1)63-46-64(78-75(77-63)48-19-7-2-8-20-48)74-73-62-45-55(33-38-71(62)82-72(73)39-40-76-74)81-69-36-31-51(49-29-34-67-58(41-49)56-25-13-15-27-65(56)79(67)53-21-9-3-10-22-53)43-60(69)61-44-52(32-37-70(61)81)50-30-35-68-59(42-50)57-26-14-16-28-66(57)80(68)54-23-11-4-12-24-54/h1-46H. The van der Waals surface area contributed by atoms with Crippen LogP contribution in [0.3, 0.4) is 0 Å². The highest BCUT2D eigenvalue weighted by molar-refractivity contribution is 6.16. The van der Waals surface area contributed by atoms with Crippen LogP contribution < -0.4 is 0 Å². The molecule has 6 heterocycles. The molecule has 0 saturated carbocycles. The maximum absolute atomic E-state index is 6.69. The number of hydrogen-bond acceptors (Lipinski definition) is 4. The van der Waals surface area contributed by atoms with E-state index in [-0.39, 0.29) is 0 Å². The zero-order valence-electron chi connectivity index (χ0n) is 44.1. The summed E-state index contributed by atoms with van der Waals surface area (Å²) >= 11 is 0. The molecule has 0 saturated heterocycles. The number of para-hydroxylation sites is 4. The summed E-state index contributed by atoms with van der Waals surface area (Å²) in [7, 11) is 0. The number of furan rings is 1. The number of rotatable bonds is 8. The maximum Gasteiger partial charge on any atom is 0.160 e. The zero-order chi connectivity index (χ0) is 53.8. The van der Waals surface area contributed by atoms with Gasteiger partial charge in [0.2, 0.25) is 0 Å². The van der Waals surface area contributed by atoms with E-state index in [1.807, 2.05) is 66.9 Å². The van der Waals surface area contributed by atoms with Gasteiger partial charge in [-0.1, -0.05) is 158 Å². The number of aromatic nitrogens is 6. The minimum Gasteiger partial charge on any atom is -0.456 e. The lowest BCUT2D eigenvalue weighted by Crippen LogP contribution is -1.97. The highest BCUT2D eigenvalue weighted by Crippen LogP contribution is 2.43. The number of pyridine rings is 1. The molecule has 0 fully saturated rings. The van der Waals surface area contributed by atoms with Gasteiger partial charge in [0.15, 0.2) is 5.82 Å². The minimum atomic E-state index is 0.631. The molecular formula is C75H46N6O. The maximum atomic E-state index is 6.69. The van der Waals surface area contributed by atoms with Crippen LogP contribution in [0.4, 0.5) is 0 Å². The topological polar surface area (TPSA) is 66.6 Å². The molecular weight excluding hydrogens is 1000 g/mol. The lowest BCUT2D eigenvalue weighted by molar-refractivity contribution is 0.668. The molecule has 0 atom stereocenters. The number of benzene rings is 11. The molecule has 7 nitrogen and oxygen atoms in total. The summed E-state index contributed by atoms with van der Waals surface area (Å²) in [6, 6.07) is 97.6. The highest BCUT2D eigenvalue weighted by atomic mass is 16.3. The van der Waals surface area contributed by atoms with Gasteiger partial charge in [0.1, 0.15) is 16.9 Å². The first-order valence-corrected chi connectivity index (χ1v) is 27.7. The third kappa shape index (κ3) is 7.20. The lowest BCUT2D eigenvalue weighted by Gasteiger charge is -2.11. The molecule has 0 amide bonds. The van der Waals surface area contributed by atoms with E-state index in [1.165, 1.54) is 43.6 Å². The van der Waals surface area contributed by atoms with E-state index in [9.17, 15) is 0 Å². The highest BCUT2D eigenvalue weighted by Gasteiger charge is 2.22. The van der Waals surface area contributed by atoms with Crippen LogP contribution >= 0.6 is 0 Å². The molecule has 0 aliphatic rings. The molecule has 17 aromatic rings. The van der Waals surface area contributed by atoms with Gasteiger partial charge in [0.25, 0.3) is 0 Å². The van der Waals surface area contributed by atoms with Crippen molar-refractivity contribution in [1.82, 2.24) is 28.7 Å². The summed E-state index contributed by atoms with van der Waals surface area (Å²) in [6.45, 7) is 0. The van der Waals surface area contributed by atoms with E-state index in [4.69, 9.17) is 19.4 Å². The van der Waals surface area contributed by atoms with Gasteiger partial charge in [-0.25, -0.2) is 9.97 Å². The van der Waals surface area contributed by atoms with Gasteiger partial charge in [-0.05, 0) is 138 Å². The fourth-order valence-electron chi connectivity index (χ4n) is 12.8. The van der Waals surface area contributed by atoms with Crippen molar-refractivity contribution in [1.29, 1.82) is 0 Å². The summed E-state index contributed by atoms with van der Waals surface area (Å²) < 4.78 is 13.9. The van der Waals surface area contributed by atoms with Crippen molar-refractivity contribution in [3.8, 4) is 73.3 Å². The van der Waals surface area contributed by atoms with Gasteiger partial charge in [-0.15, -0.1) is 0 Å². The van der Waals surface area contributed by atoms with Crippen LogP contribution in [-0.4, -0.2) is 28.7 Å². The quantitative estimate of drug-likeness (QED) is 0.152. The van der Waals surface area contributed by atoms with Gasteiger partial charge >= 0.3 is 0 Å². The third-order valence-corrected chi connectivity index (χ3v) is 16.5. The Morgan fingerprint density at radius 3 is 1.22 bits per heavy atom. The Balaban J connectivity index is 0.868. The van der Waals surface area contributed by atoms with E-state index in [2.05, 4.69) is 226 Å². The van der Waals surface area contributed by atoms with Crippen molar-refractivity contribution in [2.24, 2.45) is 0 Å². The lowest BCUT2D eigenvalue weighted by atomic mass is 9.98. The van der Waals surface area contributed by atoms with Crippen LogP contribution in [0.25, 0.3) is 161 Å². The van der Waals surface area contributed by atoms with Crippen LogP contribution in [0.15, 0.2) is 284 Å². The summed E-state index contributed by atoms with van der Waals surface area (Å²) in [5, 5.41) is 9.05. The first-order valence-electron chi connectivity index (χ1n) is 27.7. The Labute approximate surface area is 470 Å². The Morgan fingerprint density at radius 1 is 0.268 bits per heavy atom. The molecule has 7 heteroatoms. The third-order valence-electron chi connectivity index (χ3n) is 16.5. The summed E-state index contributed by atoms with van der Waals surface area (Å²) in [5.41, 5.74) is 20.5. The van der Waals surface area contributed by atoms with Crippen molar-refractivity contribution in [3.63, 3.8) is 0 Å². The van der Waals surface area contributed by atoms with Crippen LogP contribution in [0, 0.1) is 0 Å². The first kappa shape index (κ1) is 45.8. The van der Waals surface area contributed by atoms with Crippen molar-refractivity contribution >= 4 is 87.4 Å².